The van der Waals surface area contributed by atoms with Gasteiger partial charge in [-0.2, -0.15) is 0 Å². The topological polar surface area (TPSA) is 138 Å². The second-order valence-corrected chi connectivity index (χ2v) is 7.71. The summed E-state index contributed by atoms with van der Waals surface area (Å²) in [5, 5.41) is 8.39. The average Bonchev–Trinajstić information content (AvgIpc) is 3.25. The van der Waals surface area contributed by atoms with E-state index in [9.17, 15) is 14.4 Å². The van der Waals surface area contributed by atoms with Crippen LogP contribution >= 0.6 is 0 Å². The second kappa shape index (κ2) is 9.02. The summed E-state index contributed by atoms with van der Waals surface area (Å²) in [6.45, 7) is 0.201. The minimum Gasteiger partial charge on any atom is -0.482 e. The van der Waals surface area contributed by atoms with Crippen LogP contribution in [0.15, 0.2) is 61.1 Å². The molecule has 10 nitrogen and oxygen atoms in total. The van der Waals surface area contributed by atoms with E-state index in [4.69, 9.17) is 4.74 Å². The van der Waals surface area contributed by atoms with E-state index >= 15 is 0 Å². The Labute approximate surface area is 193 Å². The third-order valence-corrected chi connectivity index (χ3v) is 5.29. The van der Waals surface area contributed by atoms with Gasteiger partial charge in [0.05, 0.1) is 23.3 Å². The summed E-state index contributed by atoms with van der Waals surface area (Å²) >= 11 is 0. The minimum atomic E-state index is -0.408. The Kier molecular flexibility index (Phi) is 5.61. The summed E-state index contributed by atoms with van der Waals surface area (Å²) < 4.78 is 5.35. The summed E-state index contributed by atoms with van der Waals surface area (Å²) in [5.74, 6) is -0.245. The molecule has 0 spiro atoms. The highest BCUT2D eigenvalue weighted by Gasteiger charge is 2.19. The SMILES string of the molecule is O=C1COc2ccc(CNC(=O)c3ncnc4c(NC(=O)Cc5ccccc5)c[nH]c34)cc2N1. The molecule has 2 aromatic heterocycles. The number of H-pyrrole nitrogens is 1. The molecular formula is C24H20N6O4. The number of anilines is 2. The predicted molar refractivity (Wildman–Crippen MR) is 124 cm³/mol. The smallest absolute Gasteiger partial charge is 0.272 e. The monoisotopic (exact) mass is 456 g/mol. The minimum absolute atomic E-state index is 0.0162. The first-order valence-electron chi connectivity index (χ1n) is 10.6. The van der Waals surface area contributed by atoms with E-state index in [0.717, 1.165) is 11.1 Å². The Hall–Kier alpha value is -4.73. The number of fused-ring (bicyclic) bond motifs is 2. The van der Waals surface area contributed by atoms with Gasteiger partial charge in [-0.1, -0.05) is 36.4 Å². The Morgan fingerprint density at radius 3 is 2.76 bits per heavy atom. The molecule has 4 N–H and O–H groups in total. The van der Waals surface area contributed by atoms with Gasteiger partial charge in [0.2, 0.25) is 5.91 Å². The molecule has 0 radical (unpaired) electrons. The Balaban J connectivity index is 1.28. The van der Waals surface area contributed by atoms with Gasteiger partial charge in [-0.15, -0.1) is 0 Å². The molecule has 2 aromatic carbocycles. The van der Waals surface area contributed by atoms with Crippen LogP contribution in [0.4, 0.5) is 11.4 Å². The number of rotatable bonds is 6. The van der Waals surface area contributed by atoms with Crippen LogP contribution < -0.4 is 20.7 Å². The van der Waals surface area contributed by atoms with Crippen LogP contribution in [0.25, 0.3) is 11.0 Å². The predicted octanol–water partition coefficient (Wildman–Crippen LogP) is 2.40. The Morgan fingerprint density at radius 1 is 1.06 bits per heavy atom. The molecule has 0 aliphatic carbocycles. The van der Waals surface area contributed by atoms with Gasteiger partial charge >= 0.3 is 0 Å². The molecule has 10 heteroatoms. The first-order valence-corrected chi connectivity index (χ1v) is 10.6. The fourth-order valence-electron chi connectivity index (χ4n) is 3.69. The molecule has 170 valence electrons. The molecule has 0 saturated carbocycles. The van der Waals surface area contributed by atoms with E-state index in [1.807, 2.05) is 30.3 Å². The molecule has 34 heavy (non-hydrogen) atoms. The maximum atomic E-state index is 12.8. The summed E-state index contributed by atoms with van der Waals surface area (Å²) in [6, 6.07) is 14.7. The molecule has 0 fully saturated rings. The van der Waals surface area contributed by atoms with Gasteiger partial charge in [-0.3, -0.25) is 14.4 Å². The van der Waals surface area contributed by atoms with Crippen LogP contribution in [0.5, 0.6) is 5.75 Å². The normalized spacial score (nSPS) is 12.4. The van der Waals surface area contributed by atoms with Crippen molar-refractivity contribution in [3.8, 4) is 5.75 Å². The number of benzene rings is 2. The van der Waals surface area contributed by atoms with Crippen LogP contribution in [0, 0.1) is 0 Å². The number of carbonyl (C=O) groups is 3. The zero-order valence-corrected chi connectivity index (χ0v) is 17.9. The van der Waals surface area contributed by atoms with Crippen LogP contribution in [-0.2, 0) is 22.6 Å². The van der Waals surface area contributed by atoms with E-state index in [0.29, 0.717) is 28.2 Å². The molecule has 1 aliphatic rings. The van der Waals surface area contributed by atoms with Crippen LogP contribution in [-0.4, -0.2) is 39.3 Å². The van der Waals surface area contributed by atoms with Gasteiger partial charge in [0.15, 0.2) is 12.3 Å². The lowest BCUT2D eigenvalue weighted by Gasteiger charge is -2.18. The highest BCUT2D eigenvalue weighted by Crippen LogP contribution is 2.28. The lowest BCUT2D eigenvalue weighted by Crippen LogP contribution is -2.26. The van der Waals surface area contributed by atoms with Crippen molar-refractivity contribution < 1.29 is 19.1 Å². The number of nitrogens with one attached hydrogen (secondary N) is 4. The summed E-state index contributed by atoms with van der Waals surface area (Å²) in [5.41, 5.74) is 3.72. The van der Waals surface area contributed by atoms with Gasteiger partial charge in [-0.05, 0) is 23.3 Å². The number of amides is 3. The molecule has 0 atom stereocenters. The molecule has 4 aromatic rings. The first-order chi connectivity index (χ1) is 16.6. The van der Waals surface area contributed by atoms with Gasteiger partial charge in [-0.25, -0.2) is 9.97 Å². The first kappa shape index (κ1) is 21.1. The standard InChI is InChI=1S/C24H20N6O4/c31-19(9-14-4-2-1-3-5-14)30-17-11-25-22-21(17)27-13-28-23(22)24(33)26-10-15-6-7-18-16(8-15)29-20(32)12-34-18/h1-8,11,13,25H,9-10,12H2,(H,26,33)(H,29,32)(H,30,31). The van der Waals surface area contributed by atoms with Crippen LogP contribution in [0.3, 0.4) is 0 Å². The van der Waals surface area contributed by atoms with Crippen molar-refractivity contribution in [3.05, 3.63) is 77.9 Å². The van der Waals surface area contributed by atoms with Crippen molar-refractivity contribution >= 4 is 40.1 Å². The molecule has 1 aliphatic heterocycles. The molecule has 0 unspecified atom stereocenters. The van der Waals surface area contributed by atoms with Crippen LogP contribution in [0.2, 0.25) is 0 Å². The largest absolute Gasteiger partial charge is 0.482 e. The lowest BCUT2D eigenvalue weighted by molar-refractivity contribution is -0.118. The number of nitrogens with zero attached hydrogens (tertiary/aromatic N) is 2. The average molecular weight is 456 g/mol. The highest BCUT2D eigenvalue weighted by molar-refractivity contribution is 6.08. The number of aromatic nitrogens is 3. The van der Waals surface area contributed by atoms with Gasteiger partial charge in [0.1, 0.15) is 17.6 Å². The van der Waals surface area contributed by atoms with Crippen molar-refractivity contribution in [2.24, 2.45) is 0 Å². The lowest BCUT2D eigenvalue weighted by atomic mass is 10.1. The molecule has 5 rings (SSSR count). The number of ether oxygens (including phenoxy) is 1. The van der Waals surface area contributed by atoms with Crippen molar-refractivity contribution in [1.29, 1.82) is 0 Å². The van der Waals surface area contributed by atoms with E-state index in [1.54, 1.807) is 24.4 Å². The quantitative estimate of drug-likeness (QED) is 0.352. The maximum absolute atomic E-state index is 12.8. The van der Waals surface area contributed by atoms with Gasteiger partial charge in [0.25, 0.3) is 11.8 Å². The molecule has 3 amide bonds. The number of aromatic amines is 1. The number of hydrogen-bond donors (Lipinski definition) is 4. The second-order valence-electron chi connectivity index (χ2n) is 7.71. The van der Waals surface area contributed by atoms with E-state index < -0.39 is 5.91 Å². The molecule has 0 bridgehead atoms. The van der Waals surface area contributed by atoms with Crippen molar-refractivity contribution in [3.63, 3.8) is 0 Å². The van der Waals surface area contributed by atoms with E-state index in [1.165, 1.54) is 6.33 Å². The van der Waals surface area contributed by atoms with Crippen molar-refractivity contribution in [2.75, 3.05) is 17.2 Å². The maximum Gasteiger partial charge on any atom is 0.272 e. The van der Waals surface area contributed by atoms with Gasteiger partial charge in [0, 0.05) is 12.7 Å². The highest BCUT2D eigenvalue weighted by atomic mass is 16.5. The molecule has 3 heterocycles. The zero-order chi connectivity index (χ0) is 23.5. The van der Waals surface area contributed by atoms with Crippen LogP contribution in [0.1, 0.15) is 21.6 Å². The van der Waals surface area contributed by atoms with E-state index in [-0.39, 0.29) is 37.1 Å². The zero-order valence-electron chi connectivity index (χ0n) is 17.9. The third kappa shape index (κ3) is 4.42. The number of hydrogen-bond acceptors (Lipinski definition) is 6. The molecular weight excluding hydrogens is 436 g/mol. The Morgan fingerprint density at radius 2 is 1.91 bits per heavy atom. The van der Waals surface area contributed by atoms with Crippen molar-refractivity contribution in [2.45, 2.75) is 13.0 Å². The van der Waals surface area contributed by atoms with Gasteiger partial charge < -0.3 is 25.7 Å². The fraction of sp³-hybridized carbons (Fsp3) is 0.125. The van der Waals surface area contributed by atoms with Crippen molar-refractivity contribution in [1.82, 2.24) is 20.3 Å². The fourth-order valence-corrected chi connectivity index (χ4v) is 3.69. The van der Waals surface area contributed by atoms with E-state index in [2.05, 4.69) is 30.9 Å². The Bertz CT molecular complexity index is 1400. The summed E-state index contributed by atoms with van der Waals surface area (Å²) in [6.07, 6.45) is 3.09. The molecule has 0 saturated heterocycles. The summed E-state index contributed by atoms with van der Waals surface area (Å²) in [7, 11) is 0. The summed E-state index contributed by atoms with van der Waals surface area (Å²) in [4.78, 5) is 48.1. The number of carbonyl (C=O) groups excluding carboxylic acids is 3. The third-order valence-electron chi connectivity index (χ3n) is 5.29.